The number of hydrogen-bond acceptors (Lipinski definition) is 5. The van der Waals surface area contributed by atoms with E-state index < -0.39 is 0 Å². The molecule has 0 aliphatic rings. The highest BCUT2D eigenvalue weighted by Gasteiger charge is 2.18. The molecule has 0 atom stereocenters. The van der Waals surface area contributed by atoms with Crippen LogP contribution in [0.4, 0.5) is 0 Å². The van der Waals surface area contributed by atoms with Gasteiger partial charge in [0.25, 0.3) is 0 Å². The maximum Gasteiger partial charge on any atom is 0.196 e. The molecule has 0 fully saturated rings. The lowest BCUT2D eigenvalue weighted by molar-refractivity contribution is 0.305. The Hall–Kier alpha value is -2.28. The highest BCUT2D eigenvalue weighted by Crippen LogP contribution is 2.22. The van der Waals surface area contributed by atoms with Gasteiger partial charge in [0.05, 0.1) is 11.2 Å². The van der Waals surface area contributed by atoms with Crippen LogP contribution in [0, 0.1) is 6.92 Å². The number of benzene rings is 1. The molecule has 23 heavy (non-hydrogen) atoms. The minimum absolute atomic E-state index is 0.197. The number of tetrazole rings is 1. The smallest absolute Gasteiger partial charge is 0.196 e. The van der Waals surface area contributed by atoms with Crippen LogP contribution in [0.2, 0.25) is 5.02 Å². The van der Waals surface area contributed by atoms with Crippen LogP contribution in [0.3, 0.4) is 0 Å². The Kier molecular flexibility index (Phi) is 3.89. The van der Waals surface area contributed by atoms with Crippen LogP contribution in [0.15, 0.2) is 24.3 Å². The highest BCUT2D eigenvalue weighted by atomic mass is 35.5. The summed E-state index contributed by atoms with van der Waals surface area (Å²) in [6, 6.07) is 7.54. The standard InChI is InChI=1S/C15H18ClN7/c1-10-14(11-5-7-12(16)8-6-11)18-20-22(10)9-13-17-21-23(19-13)15(2,3)4/h5-8H,9H2,1-4H3. The first-order chi connectivity index (χ1) is 10.8. The van der Waals surface area contributed by atoms with Crippen LogP contribution in [-0.4, -0.2) is 35.2 Å². The molecule has 7 nitrogen and oxygen atoms in total. The molecule has 0 aliphatic heterocycles. The van der Waals surface area contributed by atoms with Gasteiger partial charge in [0.15, 0.2) is 5.82 Å². The van der Waals surface area contributed by atoms with Crippen molar-refractivity contribution >= 4 is 11.6 Å². The lowest BCUT2D eigenvalue weighted by Crippen LogP contribution is -2.24. The van der Waals surface area contributed by atoms with Gasteiger partial charge in [-0.25, -0.2) is 4.68 Å². The van der Waals surface area contributed by atoms with Crippen LogP contribution < -0.4 is 0 Å². The molecule has 2 heterocycles. The Balaban J connectivity index is 1.85. The van der Waals surface area contributed by atoms with Crippen LogP contribution in [-0.2, 0) is 12.1 Å². The highest BCUT2D eigenvalue weighted by molar-refractivity contribution is 6.30. The largest absolute Gasteiger partial charge is 0.241 e. The molecule has 3 rings (SSSR count). The van der Waals surface area contributed by atoms with Crippen molar-refractivity contribution in [3.63, 3.8) is 0 Å². The van der Waals surface area contributed by atoms with Gasteiger partial charge in [-0.3, -0.25) is 0 Å². The average molecular weight is 332 g/mol. The Morgan fingerprint density at radius 3 is 2.35 bits per heavy atom. The molecule has 0 spiro atoms. The molecule has 0 amide bonds. The van der Waals surface area contributed by atoms with Crippen LogP contribution >= 0.6 is 11.6 Å². The fourth-order valence-corrected chi connectivity index (χ4v) is 2.24. The van der Waals surface area contributed by atoms with E-state index in [4.69, 9.17) is 11.6 Å². The summed E-state index contributed by atoms with van der Waals surface area (Å²) in [5.74, 6) is 0.607. The quantitative estimate of drug-likeness (QED) is 0.737. The van der Waals surface area contributed by atoms with E-state index in [1.54, 1.807) is 9.48 Å². The molecule has 8 heteroatoms. The van der Waals surface area contributed by atoms with E-state index in [-0.39, 0.29) is 5.54 Å². The van der Waals surface area contributed by atoms with Gasteiger partial charge in [0.1, 0.15) is 12.2 Å². The molecule has 2 aromatic heterocycles. The number of nitrogens with zero attached hydrogens (tertiary/aromatic N) is 7. The SMILES string of the molecule is Cc1c(-c2ccc(Cl)cc2)nnn1Cc1nnn(C(C)(C)C)n1. The zero-order valence-corrected chi connectivity index (χ0v) is 14.3. The summed E-state index contributed by atoms with van der Waals surface area (Å²) < 4.78 is 1.77. The summed E-state index contributed by atoms with van der Waals surface area (Å²) in [7, 11) is 0. The summed E-state index contributed by atoms with van der Waals surface area (Å²) in [4.78, 5) is 1.61. The van der Waals surface area contributed by atoms with Gasteiger partial charge in [0.2, 0.25) is 0 Å². The van der Waals surface area contributed by atoms with Crippen molar-refractivity contribution in [2.45, 2.75) is 39.8 Å². The van der Waals surface area contributed by atoms with Crippen molar-refractivity contribution < 1.29 is 0 Å². The molecule has 0 unspecified atom stereocenters. The summed E-state index contributed by atoms with van der Waals surface area (Å²) in [5, 5.41) is 21.7. The number of aromatic nitrogens is 7. The molecule has 1 aromatic carbocycles. The minimum atomic E-state index is -0.197. The third kappa shape index (κ3) is 3.24. The van der Waals surface area contributed by atoms with Gasteiger partial charge in [-0.1, -0.05) is 28.9 Å². The van der Waals surface area contributed by atoms with Crippen molar-refractivity contribution in [3.05, 3.63) is 40.8 Å². The Morgan fingerprint density at radius 2 is 1.74 bits per heavy atom. The maximum absolute atomic E-state index is 5.92. The normalized spacial score (nSPS) is 11.9. The predicted molar refractivity (Wildman–Crippen MR) is 87.1 cm³/mol. The first-order valence-electron chi connectivity index (χ1n) is 7.30. The van der Waals surface area contributed by atoms with Crippen molar-refractivity contribution in [2.75, 3.05) is 0 Å². The predicted octanol–water partition coefficient (Wildman–Crippen LogP) is 2.70. The molecular weight excluding hydrogens is 314 g/mol. The van der Waals surface area contributed by atoms with Crippen molar-refractivity contribution in [1.82, 2.24) is 35.2 Å². The van der Waals surface area contributed by atoms with E-state index in [9.17, 15) is 0 Å². The molecule has 0 saturated heterocycles. The summed E-state index contributed by atoms with van der Waals surface area (Å²) in [6.45, 7) is 8.48. The third-order valence-electron chi connectivity index (χ3n) is 3.45. The fraction of sp³-hybridized carbons (Fsp3) is 0.400. The molecule has 0 saturated carbocycles. The Labute approximate surface area is 139 Å². The van der Waals surface area contributed by atoms with E-state index in [1.165, 1.54) is 0 Å². The molecular formula is C15H18ClN7. The Bertz CT molecular complexity index is 811. The van der Waals surface area contributed by atoms with E-state index in [2.05, 4.69) is 25.7 Å². The van der Waals surface area contributed by atoms with E-state index in [0.29, 0.717) is 17.4 Å². The molecule has 3 aromatic rings. The van der Waals surface area contributed by atoms with Crippen LogP contribution in [0.5, 0.6) is 0 Å². The van der Waals surface area contributed by atoms with Gasteiger partial charge in [-0.05, 0) is 45.0 Å². The second kappa shape index (κ2) is 5.73. The number of halogens is 1. The Morgan fingerprint density at radius 1 is 1.04 bits per heavy atom. The first-order valence-corrected chi connectivity index (χ1v) is 7.68. The van der Waals surface area contributed by atoms with Crippen molar-refractivity contribution in [2.24, 2.45) is 0 Å². The van der Waals surface area contributed by atoms with Gasteiger partial charge in [-0.2, -0.15) is 4.80 Å². The summed E-state index contributed by atoms with van der Waals surface area (Å²) in [6.07, 6.45) is 0. The van der Waals surface area contributed by atoms with Gasteiger partial charge >= 0.3 is 0 Å². The maximum atomic E-state index is 5.92. The molecule has 0 N–H and O–H groups in total. The molecule has 0 aliphatic carbocycles. The minimum Gasteiger partial charge on any atom is -0.241 e. The summed E-state index contributed by atoms with van der Waals surface area (Å²) >= 11 is 5.92. The molecule has 120 valence electrons. The zero-order valence-electron chi connectivity index (χ0n) is 13.5. The van der Waals surface area contributed by atoms with Gasteiger partial charge < -0.3 is 0 Å². The lowest BCUT2D eigenvalue weighted by atomic mass is 10.1. The number of rotatable bonds is 3. The molecule has 0 bridgehead atoms. The van der Waals surface area contributed by atoms with Gasteiger partial charge in [0, 0.05) is 10.6 Å². The monoisotopic (exact) mass is 331 g/mol. The third-order valence-corrected chi connectivity index (χ3v) is 3.70. The number of hydrogen-bond donors (Lipinski definition) is 0. The van der Waals surface area contributed by atoms with Crippen molar-refractivity contribution in [3.8, 4) is 11.3 Å². The first kappa shape index (κ1) is 15.6. The zero-order chi connectivity index (χ0) is 16.6. The fourth-order valence-electron chi connectivity index (χ4n) is 2.11. The van der Waals surface area contributed by atoms with E-state index in [0.717, 1.165) is 17.0 Å². The lowest BCUT2D eigenvalue weighted by Gasteiger charge is -2.15. The van der Waals surface area contributed by atoms with Gasteiger partial charge in [-0.15, -0.1) is 15.3 Å². The second-order valence-corrected chi connectivity index (χ2v) is 6.79. The second-order valence-electron chi connectivity index (χ2n) is 6.35. The summed E-state index contributed by atoms with van der Waals surface area (Å²) in [5.41, 5.74) is 2.55. The van der Waals surface area contributed by atoms with Crippen molar-refractivity contribution in [1.29, 1.82) is 0 Å². The average Bonchev–Trinajstić information content (AvgIpc) is 3.09. The molecule has 0 radical (unpaired) electrons. The topological polar surface area (TPSA) is 74.3 Å². The van der Waals surface area contributed by atoms with E-state index in [1.807, 2.05) is 52.0 Å². The van der Waals surface area contributed by atoms with Crippen LogP contribution in [0.25, 0.3) is 11.3 Å². The van der Waals surface area contributed by atoms with Crippen LogP contribution in [0.1, 0.15) is 32.3 Å². The van der Waals surface area contributed by atoms with E-state index >= 15 is 0 Å².